The summed E-state index contributed by atoms with van der Waals surface area (Å²) >= 11 is 0. The van der Waals surface area contributed by atoms with Gasteiger partial charge >= 0.3 is 6.18 Å². The van der Waals surface area contributed by atoms with E-state index in [0.29, 0.717) is 41.5 Å². The SMILES string of the molecule is N#Cc1ccc(NCCNc2nc(-c3ccc(C(F)(F)F)cc3)nn3cnnc23)nc1N. The summed E-state index contributed by atoms with van der Waals surface area (Å²) in [4.78, 5) is 8.48. The number of pyridine rings is 1. The first kappa shape index (κ1) is 20.8. The van der Waals surface area contributed by atoms with Crippen molar-refractivity contribution in [3.63, 3.8) is 0 Å². The molecule has 162 valence electrons. The van der Waals surface area contributed by atoms with Crippen molar-refractivity contribution in [1.82, 2.24) is 29.8 Å². The molecule has 3 aromatic heterocycles. The second-order valence-electron chi connectivity index (χ2n) is 6.55. The number of hydrogen-bond acceptors (Lipinski definition) is 9. The average molecular weight is 440 g/mol. The Morgan fingerprint density at radius 3 is 2.47 bits per heavy atom. The number of nitrogen functional groups attached to an aromatic ring is 1. The van der Waals surface area contributed by atoms with Crippen molar-refractivity contribution in [2.24, 2.45) is 0 Å². The minimum atomic E-state index is -4.42. The van der Waals surface area contributed by atoms with Gasteiger partial charge < -0.3 is 16.4 Å². The Bertz CT molecular complexity index is 1290. The van der Waals surface area contributed by atoms with E-state index >= 15 is 0 Å². The lowest BCUT2D eigenvalue weighted by Gasteiger charge is -2.11. The minimum Gasteiger partial charge on any atom is -0.383 e. The first-order valence-electron chi connectivity index (χ1n) is 9.25. The summed E-state index contributed by atoms with van der Waals surface area (Å²) in [6, 6.07) is 9.71. The van der Waals surface area contributed by atoms with Crippen LogP contribution in [0.5, 0.6) is 0 Å². The molecule has 0 amide bonds. The van der Waals surface area contributed by atoms with Crippen LogP contribution in [-0.4, -0.2) is 42.9 Å². The van der Waals surface area contributed by atoms with E-state index in [4.69, 9.17) is 11.0 Å². The molecular weight excluding hydrogens is 425 g/mol. The summed E-state index contributed by atoms with van der Waals surface area (Å²) in [5.74, 6) is 1.21. The van der Waals surface area contributed by atoms with Crippen molar-refractivity contribution in [2.75, 3.05) is 29.5 Å². The number of benzene rings is 1. The fraction of sp³-hybridized carbons (Fsp3) is 0.158. The number of nitriles is 1. The summed E-state index contributed by atoms with van der Waals surface area (Å²) in [6.45, 7) is 0.825. The maximum atomic E-state index is 12.8. The van der Waals surface area contributed by atoms with E-state index in [-0.39, 0.29) is 11.6 Å². The highest BCUT2D eigenvalue weighted by Crippen LogP contribution is 2.30. The highest BCUT2D eigenvalue weighted by Gasteiger charge is 2.30. The van der Waals surface area contributed by atoms with Crippen LogP contribution < -0.4 is 16.4 Å². The van der Waals surface area contributed by atoms with Gasteiger partial charge in [0, 0.05) is 18.7 Å². The molecular formula is C19H15F3N10. The van der Waals surface area contributed by atoms with Crippen LogP contribution >= 0.6 is 0 Å². The van der Waals surface area contributed by atoms with Crippen molar-refractivity contribution < 1.29 is 13.2 Å². The summed E-state index contributed by atoms with van der Waals surface area (Å²) < 4.78 is 39.8. The van der Waals surface area contributed by atoms with Crippen LogP contribution in [0, 0.1) is 11.3 Å². The number of rotatable bonds is 6. The molecule has 4 rings (SSSR count). The van der Waals surface area contributed by atoms with Crippen LogP contribution in [0.4, 0.5) is 30.6 Å². The molecule has 0 saturated heterocycles. The molecule has 0 spiro atoms. The average Bonchev–Trinajstić information content (AvgIpc) is 3.25. The molecule has 0 radical (unpaired) electrons. The van der Waals surface area contributed by atoms with Gasteiger partial charge in [0.1, 0.15) is 24.0 Å². The Morgan fingerprint density at radius 1 is 1.03 bits per heavy atom. The van der Waals surface area contributed by atoms with E-state index in [1.54, 1.807) is 12.1 Å². The molecule has 3 heterocycles. The Labute approximate surface area is 178 Å². The van der Waals surface area contributed by atoms with Crippen LogP contribution in [0.2, 0.25) is 0 Å². The molecule has 0 atom stereocenters. The zero-order chi connectivity index (χ0) is 22.7. The number of hydrogen-bond donors (Lipinski definition) is 3. The molecule has 10 nitrogen and oxygen atoms in total. The van der Waals surface area contributed by atoms with Gasteiger partial charge in [0.15, 0.2) is 11.6 Å². The molecule has 0 aliphatic carbocycles. The Balaban J connectivity index is 1.49. The van der Waals surface area contributed by atoms with E-state index in [1.165, 1.54) is 23.0 Å². The topological polar surface area (TPSA) is 143 Å². The molecule has 0 fully saturated rings. The van der Waals surface area contributed by atoms with Crippen molar-refractivity contribution in [1.29, 1.82) is 5.26 Å². The van der Waals surface area contributed by atoms with Gasteiger partial charge in [0.2, 0.25) is 5.65 Å². The number of nitrogens with zero attached hydrogens (tertiary/aromatic N) is 7. The fourth-order valence-corrected chi connectivity index (χ4v) is 2.83. The second kappa shape index (κ2) is 8.34. The predicted octanol–water partition coefficient (Wildman–Crippen LogP) is 2.58. The summed E-state index contributed by atoms with van der Waals surface area (Å²) in [7, 11) is 0. The quantitative estimate of drug-likeness (QED) is 0.386. The molecule has 1 aromatic carbocycles. The van der Waals surface area contributed by atoms with Gasteiger partial charge in [-0.25, -0.2) is 9.97 Å². The lowest BCUT2D eigenvalue weighted by Crippen LogP contribution is -2.16. The number of alkyl halides is 3. The number of nitrogens with two attached hydrogens (primary N) is 1. The molecule has 4 aromatic rings. The van der Waals surface area contributed by atoms with Crippen LogP contribution in [0.1, 0.15) is 11.1 Å². The molecule has 0 aliphatic rings. The third-order valence-corrected chi connectivity index (χ3v) is 4.40. The molecule has 0 unspecified atom stereocenters. The fourth-order valence-electron chi connectivity index (χ4n) is 2.83. The van der Waals surface area contributed by atoms with E-state index in [2.05, 4.69) is 35.9 Å². The number of fused-ring (bicyclic) bond motifs is 1. The van der Waals surface area contributed by atoms with Crippen molar-refractivity contribution in [3.05, 3.63) is 53.9 Å². The van der Waals surface area contributed by atoms with Crippen molar-refractivity contribution in [3.8, 4) is 17.5 Å². The zero-order valence-corrected chi connectivity index (χ0v) is 16.3. The van der Waals surface area contributed by atoms with Gasteiger partial charge in [-0.05, 0) is 24.3 Å². The Kier molecular flexibility index (Phi) is 5.42. The maximum Gasteiger partial charge on any atom is 0.416 e. The number of anilines is 3. The van der Waals surface area contributed by atoms with Crippen LogP contribution in [-0.2, 0) is 6.18 Å². The van der Waals surface area contributed by atoms with Gasteiger partial charge in [-0.3, -0.25) is 0 Å². The molecule has 4 N–H and O–H groups in total. The van der Waals surface area contributed by atoms with Gasteiger partial charge in [-0.1, -0.05) is 12.1 Å². The zero-order valence-electron chi connectivity index (χ0n) is 16.3. The lowest BCUT2D eigenvalue weighted by molar-refractivity contribution is -0.137. The summed E-state index contributed by atoms with van der Waals surface area (Å²) in [5.41, 5.74) is 6.00. The second-order valence-corrected chi connectivity index (χ2v) is 6.55. The van der Waals surface area contributed by atoms with Crippen LogP contribution in [0.3, 0.4) is 0 Å². The number of aromatic nitrogens is 6. The smallest absolute Gasteiger partial charge is 0.383 e. The van der Waals surface area contributed by atoms with E-state index < -0.39 is 11.7 Å². The largest absolute Gasteiger partial charge is 0.416 e. The van der Waals surface area contributed by atoms with E-state index in [9.17, 15) is 13.2 Å². The highest BCUT2D eigenvalue weighted by molar-refractivity contribution is 5.66. The van der Waals surface area contributed by atoms with Gasteiger partial charge in [0.05, 0.1) is 11.1 Å². The minimum absolute atomic E-state index is 0.132. The van der Waals surface area contributed by atoms with Gasteiger partial charge in [-0.2, -0.15) is 22.9 Å². The normalized spacial score (nSPS) is 11.3. The van der Waals surface area contributed by atoms with E-state index in [1.807, 2.05) is 6.07 Å². The Hall–Kier alpha value is -4.47. The number of nitrogens with one attached hydrogen (secondary N) is 2. The standard InChI is InChI=1S/C19H15F3N10/c20-19(21,22)13-4-1-11(2-5-13)16-29-17(18-30-27-10-32(18)31-16)26-8-7-25-14-6-3-12(9-23)15(24)28-14/h1-6,10H,7-8H2,(H3,24,25,28)(H,26,29,31). The third-order valence-electron chi connectivity index (χ3n) is 4.40. The predicted molar refractivity (Wildman–Crippen MR) is 109 cm³/mol. The first-order valence-corrected chi connectivity index (χ1v) is 9.25. The molecule has 0 bridgehead atoms. The Morgan fingerprint density at radius 2 is 1.78 bits per heavy atom. The monoisotopic (exact) mass is 440 g/mol. The van der Waals surface area contributed by atoms with Crippen molar-refractivity contribution >= 4 is 23.1 Å². The summed E-state index contributed by atoms with van der Waals surface area (Å²) in [5, 5.41) is 27.1. The van der Waals surface area contributed by atoms with Crippen LogP contribution in [0.25, 0.3) is 17.0 Å². The molecule has 13 heteroatoms. The van der Waals surface area contributed by atoms with E-state index in [0.717, 1.165) is 12.1 Å². The van der Waals surface area contributed by atoms with Crippen molar-refractivity contribution in [2.45, 2.75) is 6.18 Å². The first-order chi connectivity index (χ1) is 15.3. The van der Waals surface area contributed by atoms with Crippen LogP contribution in [0.15, 0.2) is 42.7 Å². The molecule has 0 aliphatic heterocycles. The third kappa shape index (κ3) is 4.33. The summed E-state index contributed by atoms with van der Waals surface area (Å²) in [6.07, 6.45) is -3.05. The molecule has 32 heavy (non-hydrogen) atoms. The lowest BCUT2D eigenvalue weighted by atomic mass is 10.1. The maximum absolute atomic E-state index is 12.8. The van der Waals surface area contributed by atoms with Gasteiger partial charge in [0.25, 0.3) is 0 Å². The highest BCUT2D eigenvalue weighted by atomic mass is 19.4. The molecule has 0 saturated carbocycles. The number of halogens is 3. The van der Waals surface area contributed by atoms with Gasteiger partial charge in [-0.15, -0.1) is 15.3 Å².